The van der Waals surface area contributed by atoms with Crippen molar-refractivity contribution in [2.24, 2.45) is 7.05 Å². The number of H-pyrrole nitrogens is 1. The molecule has 12 heteroatoms. The molecule has 9 nitrogen and oxygen atoms in total. The minimum Gasteiger partial charge on any atom is -0.351 e. The molecule has 0 saturated heterocycles. The van der Waals surface area contributed by atoms with Gasteiger partial charge in [-0.3, -0.25) is 9.42 Å². The van der Waals surface area contributed by atoms with E-state index in [-0.39, 0.29) is 6.04 Å². The minimum atomic E-state index is -4.59. The van der Waals surface area contributed by atoms with Crippen molar-refractivity contribution in [1.82, 2.24) is 34.3 Å². The lowest BCUT2D eigenvalue weighted by atomic mass is 9.93. The summed E-state index contributed by atoms with van der Waals surface area (Å²) in [6.45, 7) is 0. The number of aromatic nitrogens is 7. The van der Waals surface area contributed by atoms with Gasteiger partial charge < -0.3 is 10.3 Å². The second-order valence-electron chi connectivity index (χ2n) is 9.05. The van der Waals surface area contributed by atoms with Crippen LogP contribution < -0.4 is 5.32 Å². The Kier molecular flexibility index (Phi) is 5.40. The number of hydrogen-bond donors (Lipinski definition) is 2. The molecule has 5 aromatic heterocycles. The van der Waals surface area contributed by atoms with Crippen LogP contribution in [0, 0.1) is 0 Å². The lowest BCUT2D eigenvalue weighted by Gasteiger charge is -2.29. The predicted octanol–water partition coefficient (Wildman–Crippen LogP) is 4.93. The Morgan fingerprint density at radius 2 is 1.89 bits per heavy atom. The number of hydrogen-bond acceptors (Lipinski definition) is 6. The van der Waals surface area contributed by atoms with E-state index in [1.807, 2.05) is 48.6 Å². The highest BCUT2D eigenvalue weighted by molar-refractivity contribution is 5.95. The van der Waals surface area contributed by atoms with Crippen molar-refractivity contribution in [1.29, 1.82) is 0 Å². The van der Waals surface area contributed by atoms with Crippen LogP contribution in [0.3, 0.4) is 0 Å². The molecule has 0 atom stereocenters. The summed E-state index contributed by atoms with van der Waals surface area (Å²) in [6.07, 6.45) is 7.58. The van der Waals surface area contributed by atoms with Crippen molar-refractivity contribution in [3.05, 3.63) is 49.3 Å². The zero-order valence-corrected chi connectivity index (χ0v) is 19.3. The molecule has 1 saturated carbocycles. The predicted molar refractivity (Wildman–Crippen MR) is 127 cm³/mol. The number of nitrogens with zero attached hydrogens (tertiary/aromatic N) is 6. The fourth-order valence-electron chi connectivity index (χ4n) is 4.84. The highest BCUT2D eigenvalue weighted by atomic mass is 19.4. The lowest BCUT2D eigenvalue weighted by molar-refractivity contribution is -0.345. The fourth-order valence-corrected chi connectivity index (χ4v) is 4.84. The van der Waals surface area contributed by atoms with Crippen molar-refractivity contribution in [2.75, 3.05) is 5.32 Å². The Morgan fingerprint density at radius 1 is 1.06 bits per heavy atom. The molecule has 0 amide bonds. The van der Waals surface area contributed by atoms with E-state index in [1.165, 1.54) is 0 Å². The van der Waals surface area contributed by atoms with Crippen LogP contribution in [0.15, 0.2) is 49.3 Å². The number of alkyl halides is 3. The van der Waals surface area contributed by atoms with Gasteiger partial charge in [-0.1, -0.05) is 0 Å². The maximum absolute atomic E-state index is 12.4. The van der Waals surface area contributed by atoms with Gasteiger partial charge in [-0.15, -0.1) is 13.2 Å². The van der Waals surface area contributed by atoms with Gasteiger partial charge in [0, 0.05) is 60.0 Å². The minimum absolute atomic E-state index is 0.000126. The van der Waals surface area contributed by atoms with Crippen molar-refractivity contribution >= 4 is 22.5 Å². The van der Waals surface area contributed by atoms with Crippen LogP contribution in [-0.4, -0.2) is 52.9 Å². The van der Waals surface area contributed by atoms with Crippen LogP contribution in [0.1, 0.15) is 25.7 Å². The Hall–Kier alpha value is -3.93. The molecule has 0 unspecified atom stereocenters. The number of aromatic amines is 1. The molecule has 1 fully saturated rings. The Bertz CT molecular complexity index is 1530. The van der Waals surface area contributed by atoms with Crippen LogP contribution in [0.5, 0.6) is 0 Å². The smallest absolute Gasteiger partial charge is 0.351 e. The van der Waals surface area contributed by atoms with E-state index in [9.17, 15) is 13.2 Å². The summed E-state index contributed by atoms with van der Waals surface area (Å²) < 4.78 is 45.1. The van der Waals surface area contributed by atoms with E-state index >= 15 is 0 Å². The fraction of sp³-hybridized carbons (Fsp3) is 0.333. The normalized spacial score (nSPS) is 18.8. The average Bonchev–Trinajstić information content (AvgIpc) is 3.56. The number of nitrogens with one attached hydrogen (secondary N) is 2. The van der Waals surface area contributed by atoms with E-state index in [0.717, 1.165) is 33.2 Å². The maximum atomic E-state index is 12.4. The quantitative estimate of drug-likeness (QED) is 0.358. The molecular weight excluding hydrogens is 473 g/mol. The summed E-state index contributed by atoms with van der Waals surface area (Å²) in [5.41, 5.74) is 5.56. The van der Waals surface area contributed by atoms with E-state index in [4.69, 9.17) is 0 Å². The molecule has 0 bridgehead atoms. The summed E-state index contributed by atoms with van der Waals surface area (Å²) in [7, 11) is 1.88. The number of pyridine rings is 1. The van der Waals surface area contributed by atoms with Gasteiger partial charge in [0.1, 0.15) is 5.65 Å². The zero-order valence-electron chi connectivity index (χ0n) is 19.3. The van der Waals surface area contributed by atoms with E-state index in [2.05, 4.69) is 41.3 Å². The zero-order chi connectivity index (χ0) is 24.9. The van der Waals surface area contributed by atoms with E-state index < -0.39 is 12.5 Å². The summed E-state index contributed by atoms with van der Waals surface area (Å²) in [5, 5.41) is 12.8. The van der Waals surface area contributed by atoms with Gasteiger partial charge in [-0.05, 0) is 43.4 Å². The van der Waals surface area contributed by atoms with Gasteiger partial charge in [0.05, 0.1) is 24.0 Å². The summed E-state index contributed by atoms with van der Waals surface area (Å²) in [4.78, 5) is 12.3. The van der Waals surface area contributed by atoms with Crippen LogP contribution in [-0.2, 0) is 11.8 Å². The van der Waals surface area contributed by atoms with Crippen LogP contribution in [0.2, 0.25) is 0 Å². The van der Waals surface area contributed by atoms with Gasteiger partial charge in [0.25, 0.3) is 0 Å². The van der Waals surface area contributed by atoms with Gasteiger partial charge in [0.2, 0.25) is 5.95 Å². The molecule has 0 spiro atoms. The highest BCUT2D eigenvalue weighted by Crippen LogP contribution is 2.32. The second-order valence-corrected chi connectivity index (χ2v) is 9.05. The molecule has 5 aromatic rings. The van der Waals surface area contributed by atoms with Crippen LogP contribution >= 0.6 is 0 Å². The lowest BCUT2D eigenvalue weighted by Crippen LogP contribution is -2.33. The molecule has 0 aliphatic heterocycles. The summed E-state index contributed by atoms with van der Waals surface area (Å²) >= 11 is 0. The molecule has 0 aromatic carbocycles. The van der Waals surface area contributed by atoms with Gasteiger partial charge in [-0.25, -0.2) is 9.50 Å². The number of fused-ring (bicyclic) bond motifs is 2. The standard InChI is InChI=1S/C24H23F3N8O/c1-34-13-15(9-30-34)19-12-31-35-7-6-14(8-21(19)35)18-10-28-22-20(18)11-29-23(33-22)32-16-2-4-17(5-3-16)36-24(25,26)27/h6-13,16-17H,2-5H2,1H3,(H2,28,29,32,33)/t16-,17+. The molecule has 6 rings (SSSR count). The van der Waals surface area contributed by atoms with Gasteiger partial charge in [0.15, 0.2) is 0 Å². The third-order valence-corrected chi connectivity index (χ3v) is 6.59. The van der Waals surface area contributed by atoms with Crippen LogP contribution in [0.4, 0.5) is 19.1 Å². The number of aryl methyl sites for hydroxylation is 1. The third kappa shape index (κ3) is 4.39. The number of ether oxygens (including phenoxy) is 1. The first-order chi connectivity index (χ1) is 17.3. The topological polar surface area (TPSA) is 98.0 Å². The molecule has 2 N–H and O–H groups in total. The molecule has 186 valence electrons. The largest absolute Gasteiger partial charge is 0.522 e. The summed E-state index contributed by atoms with van der Waals surface area (Å²) in [6, 6.07) is 4.06. The number of anilines is 1. The highest BCUT2D eigenvalue weighted by Gasteiger charge is 2.35. The van der Waals surface area contributed by atoms with Crippen molar-refractivity contribution in [3.63, 3.8) is 0 Å². The Labute approximate surface area is 203 Å². The number of halogens is 3. The summed E-state index contributed by atoms with van der Waals surface area (Å²) in [5.74, 6) is 0.446. The maximum Gasteiger partial charge on any atom is 0.522 e. The number of rotatable bonds is 5. The van der Waals surface area contributed by atoms with Crippen LogP contribution in [0.25, 0.3) is 38.8 Å². The van der Waals surface area contributed by atoms with Crippen molar-refractivity contribution < 1.29 is 17.9 Å². The van der Waals surface area contributed by atoms with E-state index in [0.29, 0.717) is 37.3 Å². The van der Waals surface area contributed by atoms with Gasteiger partial charge in [-0.2, -0.15) is 15.2 Å². The Morgan fingerprint density at radius 3 is 2.64 bits per heavy atom. The first kappa shape index (κ1) is 22.5. The first-order valence-corrected chi connectivity index (χ1v) is 11.6. The second kappa shape index (κ2) is 8.63. The monoisotopic (exact) mass is 496 g/mol. The molecule has 5 heterocycles. The molecular formula is C24H23F3N8O. The molecule has 0 radical (unpaired) electrons. The van der Waals surface area contributed by atoms with Crippen molar-refractivity contribution in [2.45, 2.75) is 44.2 Å². The molecule has 36 heavy (non-hydrogen) atoms. The molecule has 1 aliphatic rings. The Balaban J connectivity index is 1.21. The molecule has 1 aliphatic carbocycles. The third-order valence-electron chi connectivity index (χ3n) is 6.59. The van der Waals surface area contributed by atoms with Crippen molar-refractivity contribution in [3.8, 4) is 22.3 Å². The average molecular weight is 496 g/mol. The SMILES string of the molecule is Cn1cc(-c2cnn3ccc(-c4c[nH]c5nc(N[C@H]6CC[C@@H](OC(F)(F)F)CC6)ncc45)cc23)cn1. The van der Waals surface area contributed by atoms with Gasteiger partial charge >= 0.3 is 6.36 Å². The first-order valence-electron chi connectivity index (χ1n) is 11.6. The van der Waals surface area contributed by atoms with E-state index in [1.54, 1.807) is 10.9 Å².